The average Bonchev–Trinajstić information content (AvgIpc) is 2.63. The largest absolute Gasteiger partial charge is 0.419 e. The fourth-order valence-electron chi connectivity index (χ4n) is 2.55. The smallest absolute Gasteiger partial charge is 0.343 e. The van der Waals surface area contributed by atoms with Crippen LogP contribution in [0.3, 0.4) is 0 Å². The van der Waals surface area contributed by atoms with Crippen molar-refractivity contribution in [2.24, 2.45) is 0 Å². The lowest BCUT2D eigenvalue weighted by Gasteiger charge is -2.11. The van der Waals surface area contributed by atoms with E-state index in [1.807, 2.05) is 30.3 Å². The summed E-state index contributed by atoms with van der Waals surface area (Å²) in [6.45, 7) is 0. The number of carbonyl (C=O) groups is 1. The topological polar surface area (TPSA) is 52.1 Å². The zero-order chi connectivity index (χ0) is 18.3. The quantitative estimate of drug-likeness (QED) is 0.172. The molecule has 1 aromatic heterocycles. The highest BCUT2D eigenvalue weighted by molar-refractivity contribution is 9.11. The van der Waals surface area contributed by atoms with Crippen LogP contribution in [-0.2, 0) is 0 Å². The van der Waals surface area contributed by atoms with E-state index in [2.05, 4.69) is 57.8 Å². The molecule has 3 aromatic carbocycles. The second-order valence-corrected chi connectivity index (χ2v) is 8.10. The van der Waals surface area contributed by atoms with E-state index < -0.39 is 5.97 Å². The number of carbonyl (C=O) groups excluding carboxylic acids is 1. The first-order valence-corrected chi connectivity index (χ1v) is 9.93. The van der Waals surface area contributed by atoms with E-state index in [9.17, 15) is 4.79 Å². The number of hydrogen-bond donors (Lipinski definition) is 0. The van der Waals surface area contributed by atoms with E-state index in [0.29, 0.717) is 26.8 Å². The molecule has 0 saturated carbocycles. The normalized spacial score (nSPS) is 11.0. The maximum absolute atomic E-state index is 12.6. The number of esters is 1. The second-order valence-electron chi connectivity index (χ2n) is 5.48. The molecular weight excluding hydrogens is 528 g/mol. The molecule has 0 aliphatic carbocycles. The van der Waals surface area contributed by atoms with Crippen molar-refractivity contribution in [3.05, 3.63) is 73.6 Å². The zero-order valence-corrected chi connectivity index (χ0v) is 17.8. The number of para-hydroxylation sites is 2. The van der Waals surface area contributed by atoms with Crippen LogP contribution < -0.4 is 4.74 Å². The lowest BCUT2D eigenvalue weighted by molar-refractivity contribution is 0.0735. The van der Waals surface area contributed by atoms with E-state index in [-0.39, 0.29) is 0 Å². The van der Waals surface area contributed by atoms with E-state index in [4.69, 9.17) is 4.74 Å². The van der Waals surface area contributed by atoms with E-state index in [0.717, 1.165) is 20.0 Å². The van der Waals surface area contributed by atoms with Crippen molar-refractivity contribution < 1.29 is 9.53 Å². The van der Waals surface area contributed by atoms with E-state index in [1.165, 1.54) is 0 Å². The van der Waals surface area contributed by atoms with Crippen LogP contribution in [0.4, 0.5) is 0 Å². The summed E-state index contributed by atoms with van der Waals surface area (Å²) < 4.78 is 7.86. The highest BCUT2D eigenvalue weighted by Crippen LogP contribution is 2.38. The monoisotopic (exact) mass is 534 g/mol. The molecule has 0 N–H and O–H groups in total. The predicted octanol–water partition coefficient (Wildman–Crippen LogP) is 6.29. The molecule has 0 amide bonds. The number of aromatic nitrogens is 2. The molecule has 0 saturated heterocycles. The van der Waals surface area contributed by atoms with E-state index in [1.54, 1.807) is 24.3 Å². The first-order valence-electron chi connectivity index (χ1n) is 7.55. The van der Waals surface area contributed by atoms with E-state index >= 15 is 0 Å². The third-order valence-electron chi connectivity index (χ3n) is 3.74. The summed E-state index contributed by atoms with van der Waals surface area (Å²) in [4.78, 5) is 21.9. The molecule has 0 bridgehead atoms. The summed E-state index contributed by atoms with van der Waals surface area (Å²) in [5.74, 6) is -0.128. The van der Waals surface area contributed by atoms with Gasteiger partial charge in [0.1, 0.15) is 11.0 Å². The predicted molar refractivity (Wildman–Crippen MR) is 112 cm³/mol. The van der Waals surface area contributed by atoms with Crippen LogP contribution in [0.15, 0.2) is 68.0 Å². The Bertz CT molecular complexity index is 1180. The van der Waals surface area contributed by atoms with Crippen LogP contribution in [0.25, 0.3) is 22.1 Å². The van der Waals surface area contributed by atoms with Crippen LogP contribution in [0.1, 0.15) is 10.4 Å². The van der Waals surface area contributed by atoms with Crippen molar-refractivity contribution in [3.8, 4) is 5.75 Å². The first-order chi connectivity index (χ1) is 12.5. The van der Waals surface area contributed by atoms with Crippen LogP contribution in [0.5, 0.6) is 5.75 Å². The van der Waals surface area contributed by atoms with Gasteiger partial charge < -0.3 is 4.74 Å². The summed E-state index contributed by atoms with van der Waals surface area (Å²) in [6, 6.07) is 16.4. The van der Waals surface area contributed by atoms with Gasteiger partial charge in [0.05, 0.1) is 21.1 Å². The minimum Gasteiger partial charge on any atom is -0.419 e. The molecule has 128 valence electrons. The number of hydrogen-bond acceptors (Lipinski definition) is 4. The number of fused-ring (bicyclic) bond motifs is 2. The fraction of sp³-hybridized carbons (Fsp3) is 0. The summed E-state index contributed by atoms with van der Waals surface area (Å²) >= 11 is 10.3. The summed E-state index contributed by atoms with van der Waals surface area (Å²) in [6.07, 6.45) is 0. The minimum absolute atomic E-state index is 0.339. The van der Waals surface area contributed by atoms with Gasteiger partial charge in [-0.3, -0.25) is 0 Å². The third kappa shape index (κ3) is 3.26. The Morgan fingerprint density at radius 2 is 1.50 bits per heavy atom. The van der Waals surface area contributed by atoms with Crippen LogP contribution in [0.2, 0.25) is 0 Å². The molecular formula is C19H9Br3N2O2. The maximum atomic E-state index is 12.6. The highest BCUT2D eigenvalue weighted by Gasteiger charge is 2.18. The molecule has 7 heteroatoms. The SMILES string of the molecule is O=C(Oc1c(Br)cc(Br)c2nc3ccccc3nc12)c1cccc(Br)c1. The molecule has 1 heterocycles. The molecule has 4 aromatic rings. The van der Waals surface area contributed by atoms with Crippen LogP contribution in [-0.4, -0.2) is 15.9 Å². The molecule has 0 spiro atoms. The fourth-order valence-corrected chi connectivity index (χ4v) is 4.26. The van der Waals surface area contributed by atoms with Gasteiger partial charge in [-0.15, -0.1) is 0 Å². The standard InChI is InChI=1S/C19H9Br3N2O2/c20-11-5-3-4-10(8-11)19(25)26-18-13(22)9-12(21)16-17(18)24-15-7-2-1-6-14(15)23-16/h1-9H. The molecule has 0 atom stereocenters. The Morgan fingerprint density at radius 1 is 0.808 bits per heavy atom. The van der Waals surface area contributed by atoms with Gasteiger partial charge in [0.2, 0.25) is 0 Å². The van der Waals surface area contributed by atoms with Crippen LogP contribution in [0, 0.1) is 0 Å². The number of ether oxygens (including phenoxy) is 1. The number of rotatable bonds is 2. The van der Waals surface area contributed by atoms with Crippen molar-refractivity contribution in [3.63, 3.8) is 0 Å². The lowest BCUT2D eigenvalue weighted by Crippen LogP contribution is -2.09. The van der Waals surface area contributed by atoms with Crippen LogP contribution >= 0.6 is 47.8 Å². The van der Waals surface area contributed by atoms with Gasteiger partial charge in [-0.2, -0.15) is 0 Å². The van der Waals surface area contributed by atoms with Gasteiger partial charge in [-0.05, 0) is 68.3 Å². The van der Waals surface area contributed by atoms with Crippen molar-refractivity contribution in [1.82, 2.24) is 9.97 Å². The number of nitrogens with zero attached hydrogens (tertiary/aromatic N) is 2. The van der Waals surface area contributed by atoms with Gasteiger partial charge in [-0.25, -0.2) is 14.8 Å². The number of halogens is 3. The summed E-state index contributed by atoms with van der Waals surface area (Å²) in [5.41, 5.74) is 3.07. The lowest BCUT2D eigenvalue weighted by atomic mass is 10.2. The van der Waals surface area contributed by atoms with Gasteiger partial charge in [0, 0.05) is 8.95 Å². The maximum Gasteiger partial charge on any atom is 0.343 e. The minimum atomic E-state index is -0.467. The van der Waals surface area contributed by atoms with Crippen molar-refractivity contribution in [1.29, 1.82) is 0 Å². The van der Waals surface area contributed by atoms with Gasteiger partial charge >= 0.3 is 5.97 Å². The summed E-state index contributed by atoms with van der Waals surface area (Å²) in [5, 5.41) is 0. The molecule has 26 heavy (non-hydrogen) atoms. The Kier molecular flexibility index (Phi) is 4.77. The molecule has 0 aliphatic heterocycles. The zero-order valence-electron chi connectivity index (χ0n) is 13.0. The first kappa shape index (κ1) is 17.6. The molecule has 4 rings (SSSR count). The Balaban J connectivity index is 1.88. The molecule has 4 nitrogen and oxygen atoms in total. The molecule has 0 unspecified atom stereocenters. The summed E-state index contributed by atoms with van der Waals surface area (Å²) in [7, 11) is 0. The van der Waals surface area contributed by atoms with Crippen molar-refractivity contribution in [2.45, 2.75) is 0 Å². The molecule has 0 radical (unpaired) electrons. The van der Waals surface area contributed by atoms with Crippen molar-refractivity contribution >= 4 is 75.8 Å². The van der Waals surface area contributed by atoms with Gasteiger partial charge in [-0.1, -0.05) is 34.1 Å². The third-order valence-corrected chi connectivity index (χ3v) is 5.42. The molecule has 0 aliphatic rings. The highest BCUT2D eigenvalue weighted by atomic mass is 79.9. The second kappa shape index (κ2) is 7.06. The number of benzene rings is 3. The van der Waals surface area contributed by atoms with Crippen molar-refractivity contribution in [2.75, 3.05) is 0 Å². The average molecular weight is 537 g/mol. The Labute approximate surface area is 174 Å². The van der Waals surface area contributed by atoms with Gasteiger partial charge in [0.25, 0.3) is 0 Å². The molecule has 0 fully saturated rings. The Morgan fingerprint density at radius 3 is 2.19 bits per heavy atom. The Hall–Kier alpha value is -1.83. The van der Waals surface area contributed by atoms with Gasteiger partial charge in [0.15, 0.2) is 5.75 Å².